The Morgan fingerprint density at radius 3 is 2.63 bits per heavy atom. The highest BCUT2D eigenvalue weighted by Crippen LogP contribution is 2.13. The Morgan fingerprint density at radius 1 is 1.26 bits per heavy atom. The van der Waals surface area contributed by atoms with Gasteiger partial charge in [-0.15, -0.1) is 0 Å². The number of aliphatic hydroxyl groups excluding tert-OH is 1. The van der Waals surface area contributed by atoms with Gasteiger partial charge in [-0.2, -0.15) is 0 Å². The fourth-order valence-electron chi connectivity index (χ4n) is 1.74. The zero-order valence-electron chi connectivity index (χ0n) is 10.6. The van der Waals surface area contributed by atoms with Gasteiger partial charge in [0.25, 0.3) is 0 Å². The molecule has 2 heterocycles. The summed E-state index contributed by atoms with van der Waals surface area (Å²) in [5, 5.41) is 13.2. The van der Waals surface area contributed by atoms with Crippen molar-refractivity contribution in [2.24, 2.45) is 0 Å². The van der Waals surface area contributed by atoms with Crippen molar-refractivity contribution in [3.63, 3.8) is 0 Å². The van der Waals surface area contributed by atoms with Crippen LogP contribution in [0.5, 0.6) is 0 Å². The quantitative estimate of drug-likeness (QED) is 0.864. The molecule has 5 heteroatoms. The lowest BCUT2D eigenvalue weighted by Crippen LogP contribution is -2.25. The van der Waals surface area contributed by atoms with Gasteiger partial charge in [0.15, 0.2) is 0 Å². The summed E-state index contributed by atoms with van der Waals surface area (Å²) >= 11 is 0. The third-order valence-corrected chi connectivity index (χ3v) is 2.90. The van der Waals surface area contributed by atoms with Crippen molar-refractivity contribution in [1.29, 1.82) is 0 Å². The molecule has 0 radical (unpaired) electrons. The van der Waals surface area contributed by atoms with Crippen LogP contribution in [-0.2, 0) is 0 Å². The number of pyridine rings is 2. The predicted octanol–water partition coefficient (Wildman–Crippen LogP) is 2.00. The molecule has 19 heavy (non-hydrogen) atoms. The van der Waals surface area contributed by atoms with Crippen molar-refractivity contribution in [2.45, 2.75) is 19.1 Å². The first kappa shape index (κ1) is 13.6. The smallest absolute Gasteiger partial charge is 0.141 e. The highest BCUT2D eigenvalue weighted by molar-refractivity contribution is 5.14. The third kappa shape index (κ3) is 3.81. The Bertz CT molecular complexity index is 504. The number of hydrogen-bond acceptors (Lipinski definition) is 4. The SMILES string of the molecule is CC(NCC(O)c1ccncc1)c1ccc(F)cn1. The van der Waals surface area contributed by atoms with Gasteiger partial charge in [0.1, 0.15) is 5.82 Å². The molecule has 2 N–H and O–H groups in total. The van der Waals surface area contributed by atoms with Gasteiger partial charge in [0, 0.05) is 25.0 Å². The highest BCUT2D eigenvalue weighted by atomic mass is 19.1. The second-order valence-corrected chi connectivity index (χ2v) is 4.33. The number of aromatic nitrogens is 2. The molecule has 0 aromatic carbocycles. The van der Waals surface area contributed by atoms with Crippen LogP contribution in [-0.4, -0.2) is 21.6 Å². The molecule has 2 aromatic heterocycles. The first-order valence-electron chi connectivity index (χ1n) is 6.09. The Kier molecular flexibility index (Phi) is 4.54. The van der Waals surface area contributed by atoms with Crippen molar-refractivity contribution in [3.8, 4) is 0 Å². The van der Waals surface area contributed by atoms with E-state index in [1.54, 1.807) is 30.6 Å². The molecule has 0 amide bonds. The summed E-state index contributed by atoms with van der Waals surface area (Å²) in [7, 11) is 0. The zero-order valence-corrected chi connectivity index (χ0v) is 10.6. The molecule has 4 nitrogen and oxygen atoms in total. The standard InChI is InChI=1S/C14H16FN3O/c1-10(13-3-2-12(15)8-18-13)17-9-14(19)11-4-6-16-7-5-11/h2-8,10,14,17,19H,9H2,1H3. The number of nitrogens with one attached hydrogen (secondary N) is 1. The van der Waals surface area contributed by atoms with E-state index in [0.29, 0.717) is 6.54 Å². The predicted molar refractivity (Wildman–Crippen MR) is 69.8 cm³/mol. The van der Waals surface area contributed by atoms with E-state index in [1.807, 2.05) is 6.92 Å². The minimum absolute atomic E-state index is 0.0583. The van der Waals surface area contributed by atoms with Gasteiger partial charge in [0.05, 0.1) is 18.0 Å². The van der Waals surface area contributed by atoms with Crippen LogP contribution < -0.4 is 5.32 Å². The lowest BCUT2D eigenvalue weighted by molar-refractivity contribution is 0.170. The maximum atomic E-state index is 12.8. The number of aliphatic hydroxyl groups is 1. The monoisotopic (exact) mass is 261 g/mol. The summed E-state index contributed by atoms with van der Waals surface area (Å²) in [4.78, 5) is 7.90. The van der Waals surface area contributed by atoms with Crippen molar-refractivity contribution < 1.29 is 9.50 Å². The summed E-state index contributed by atoms with van der Waals surface area (Å²) < 4.78 is 12.8. The molecular weight excluding hydrogens is 245 g/mol. The Labute approximate surface area is 111 Å². The molecular formula is C14H16FN3O. The second kappa shape index (κ2) is 6.36. The lowest BCUT2D eigenvalue weighted by atomic mass is 10.1. The fraction of sp³-hybridized carbons (Fsp3) is 0.286. The molecule has 0 aliphatic heterocycles. The largest absolute Gasteiger partial charge is 0.387 e. The van der Waals surface area contributed by atoms with E-state index >= 15 is 0 Å². The Hall–Kier alpha value is -1.85. The van der Waals surface area contributed by atoms with Gasteiger partial charge in [-0.05, 0) is 36.8 Å². The van der Waals surface area contributed by atoms with Crippen LogP contribution in [0, 0.1) is 5.82 Å². The summed E-state index contributed by atoms with van der Waals surface area (Å²) in [6.07, 6.45) is 3.87. The van der Waals surface area contributed by atoms with Gasteiger partial charge in [-0.3, -0.25) is 9.97 Å². The molecule has 100 valence electrons. The second-order valence-electron chi connectivity index (χ2n) is 4.33. The molecule has 0 aliphatic rings. The summed E-state index contributed by atoms with van der Waals surface area (Å²) in [6, 6.07) is 6.49. The average Bonchev–Trinajstić information content (AvgIpc) is 2.46. The van der Waals surface area contributed by atoms with E-state index in [2.05, 4.69) is 15.3 Å². The first-order valence-corrected chi connectivity index (χ1v) is 6.09. The van der Waals surface area contributed by atoms with Crippen LogP contribution in [0.25, 0.3) is 0 Å². The molecule has 0 spiro atoms. The zero-order chi connectivity index (χ0) is 13.7. The van der Waals surface area contributed by atoms with Crippen LogP contribution in [0.15, 0.2) is 42.9 Å². The molecule has 0 aliphatic carbocycles. The molecule has 0 saturated heterocycles. The van der Waals surface area contributed by atoms with Crippen LogP contribution in [0.2, 0.25) is 0 Å². The van der Waals surface area contributed by atoms with Gasteiger partial charge in [-0.1, -0.05) is 0 Å². The lowest BCUT2D eigenvalue weighted by Gasteiger charge is -2.17. The summed E-state index contributed by atoms with van der Waals surface area (Å²) in [5.41, 5.74) is 1.55. The van der Waals surface area contributed by atoms with Crippen molar-refractivity contribution in [1.82, 2.24) is 15.3 Å². The van der Waals surface area contributed by atoms with Crippen molar-refractivity contribution >= 4 is 0 Å². The van der Waals surface area contributed by atoms with Crippen molar-refractivity contribution in [3.05, 3.63) is 59.9 Å². The normalized spacial score (nSPS) is 14.1. The molecule has 2 unspecified atom stereocenters. The molecule has 2 rings (SSSR count). The van der Waals surface area contributed by atoms with Gasteiger partial charge < -0.3 is 10.4 Å². The molecule has 0 fully saturated rings. The number of hydrogen-bond donors (Lipinski definition) is 2. The Balaban J connectivity index is 1.90. The van der Waals surface area contributed by atoms with Crippen LogP contribution in [0.1, 0.15) is 30.3 Å². The Morgan fingerprint density at radius 2 is 2.00 bits per heavy atom. The highest BCUT2D eigenvalue weighted by Gasteiger charge is 2.11. The van der Waals surface area contributed by atoms with E-state index in [9.17, 15) is 9.50 Å². The first-order chi connectivity index (χ1) is 9.16. The van der Waals surface area contributed by atoms with Crippen LogP contribution in [0.3, 0.4) is 0 Å². The fourth-order valence-corrected chi connectivity index (χ4v) is 1.74. The summed E-state index contributed by atoms with van der Waals surface area (Å²) in [6.45, 7) is 2.31. The van der Waals surface area contributed by atoms with E-state index in [4.69, 9.17) is 0 Å². The molecule has 2 atom stereocenters. The number of nitrogens with zero attached hydrogens (tertiary/aromatic N) is 2. The van der Waals surface area contributed by atoms with E-state index < -0.39 is 6.10 Å². The van der Waals surface area contributed by atoms with E-state index in [0.717, 1.165) is 11.3 Å². The topological polar surface area (TPSA) is 58.0 Å². The minimum Gasteiger partial charge on any atom is -0.387 e. The van der Waals surface area contributed by atoms with Crippen LogP contribution >= 0.6 is 0 Å². The molecule has 2 aromatic rings. The van der Waals surface area contributed by atoms with E-state index in [1.165, 1.54) is 12.3 Å². The number of halogens is 1. The number of rotatable bonds is 5. The van der Waals surface area contributed by atoms with Crippen molar-refractivity contribution in [2.75, 3.05) is 6.54 Å². The van der Waals surface area contributed by atoms with Crippen LogP contribution in [0.4, 0.5) is 4.39 Å². The maximum Gasteiger partial charge on any atom is 0.141 e. The van der Waals surface area contributed by atoms with Gasteiger partial charge in [-0.25, -0.2) is 4.39 Å². The molecule has 0 saturated carbocycles. The minimum atomic E-state index is -0.606. The third-order valence-electron chi connectivity index (χ3n) is 2.90. The maximum absolute atomic E-state index is 12.8. The molecule has 0 bridgehead atoms. The average molecular weight is 261 g/mol. The van der Waals surface area contributed by atoms with Gasteiger partial charge >= 0.3 is 0 Å². The summed E-state index contributed by atoms with van der Waals surface area (Å²) in [5.74, 6) is -0.354. The van der Waals surface area contributed by atoms with Gasteiger partial charge in [0.2, 0.25) is 0 Å². The van der Waals surface area contributed by atoms with E-state index in [-0.39, 0.29) is 11.9 Å².